The highest BCUT2D eigenvalue weighted by atomic mass is 16.5. The molecule has 1 aliphatic carbocycles. The van der Waals surface area contributed by atoms with E-state index < -0.39 is 42.0 Å². The van der Waals surface area contributed by atoms with Gasteiger partial charge in [-0.25, -0.2) is 4.79 Å². The first-order chi connectivity index (χ1) is 17.6. The molecule has 4 atom stereocenters. The van der Waals surface area contributed by atoms with Crippen molar-refractivity contribution >= 4 is 22.5 Å². The van der Waals surface area contributed by atoms with Crippen LogP contribution in [0.2, 0.25) is 0 Å². The molecule has 4 rings (SSSR count). The van der Waals surface area contributed by atoms with E-state index in [9.17, 15) is 19.8 Å². The van der Waals surface area contributed by atoms with Crippen molar-refractivity contribution in [3.63, 3.8) is 0 Å². The van der Waals surface area contributed by atoms with E-state index in [4.69, 9.17) is 9.84 Å². The van der Waals surface area contributed by atoms with E-state index in [2.05, 4.69) is 30.3 Å². The van der Waals surface area contributed by atoms with E-state index in [1.54, 1.807) is 44.2 Å². The fourth-order valence-corrected chi connectivity index (χ4v) is 5.19. The van der Waals surface area contributed by atoms with Crippen molar-refractivity contribution in [3.8, 4) is 5.75 Å². The summed E-state index contributed by atoms with van der Waals surface area (Å²) in [5.74, 6) is -1.59. The summed E-state index contributed by atoms with van der Waals surface area (Å²) >= 11 is 0. The summed E-state index contributed by atoms with van der Waals surface area (Å²) in [5.41, 5.74) is 1.06. The Morgan fingerprint density at radius 1 is 1.03 bits per heavy atom. The minimum Gasteiger partial charge on any atom is -0.482 e. The van der Waals surface area contributed by atoms with E-state index >= 15 is 0 Å². The Balaban J connectivity index is 1.44. The quantitative estimate of drug-likeness (QED) is 0.350. The number of hydrogen-bond donors (Lipinski definition) is 3. The number of aliphatic carboxylic acids is 1. The number of aryl methyl sites for hydroxylation is 1. The number of aliphatic hydroxyl groups excluding tert-OH is 2. The molecule has 0 aliphatic heterocycles. The van der Waals surface area contributed by atoms with Crippen LogP contribution in [0.5, 0.6) is 5.75 Å². The summed E-state index contributed by atoms with van der Waals surface area (Å²) in [6.07, 6.45) is 3.53. The number of fused-ring (bicyclic) bond motifs is 1. The van der Waals surface area contributed by atoms with Gasteiger partial charge in [0, 0.05) is 11.8 Å². The van der Waals surface area contributed by atoms with Gasteiger partial charge in [0.25, 0.3) is 0 Å². The molecule has 0 saturated heterocycles. The molecule has 0 aromatic heterocycles. The van der Waals surface area contributed by atoms with Crippen molar-refractivity contribution in [1.82, 2.24) is 0 Å². The summed E-state index contributed by atoms with van der Waals surface area (Å²) in [6, 6.07) is 21.5. The third-order valence-electron chi connectivity index (χ3n) is 7.35. The molecule has 194 valence electrons. The number of Topliss-reactive ketones (excluding diaryl/α,β-unsaturated/α-hetero) is 1. The van der Waals surface area contributed by atoms with E-state index in [0.717, 1.165) is 11.1 Å². The minimum atomic E-state index is -1.06. The predicted molar refractivity (Wildman–Crippen MR) is 142 cm³/mol. The van der Waals surface area contributed by atoms with E-state index in [1.165, 1.54) is 10.8 Å². The molecular weight excluding hydrogens is 468 g/mol. The smallest absolute Gasteiger partial charge is 0.341 e. The Kier molecular flexibility index (Phi) is 8.10. The highest BCUT2D eigenvalue weighted by molar-refractivity contribution is 5.90. The molecule has 3 N–H and O–H groups in total. The van der Waals surface area contributed by atoms with Crippen molar-refractivity contribution < 1.29 is 29.6 Å². The summed E-state index contributed by atoms with van der Waals surface area (Å²) in [6.45, 7) is 3.06. The van der Waals surface area contributed by atoms with Crippen molar-refractivity contribution in [3.05, 3.63) is 90.0 Å². The van der Waals surface area contributed by atoms with Crippen molar-refractivity contribution in [1.29, 1.82) is 0 Å². The largest absolute Gasteiger partial charge is 0.482 e. The highest BCUT2D eigenvalue weighted by Gasteiger charge is 2.53. The average Bonchev–Trinajstić information content (AvgIpc) is 3.04. The van der Waals surface area contributed by atoms with Gasteiger partial charge < -0.3 is 20.1 Å². The summed E-state index contributed by atoms with van der Waals surface area (Å²) in [5, 5.41) is 32.9. The Morgan fingerprint density at radius 3 is 2.54 bits per heavy atom. The van der Waals surface area contributed by atoms with Gasteiger partial charge in [-0.05, 0) is 53.3 Å². The maximum absolute atomic E-state index is 13.2. The number of carboxylic acids is 1. The van der Waals surface area contributed by atoms with Crippen LogP contribution >= 0.6 is 0 Å². The third-order valence-corrected chi connectivity index (χ3v) is 7.35. The lowest BCUT2D eigenvalue weighted by Crippen LogP contribution is -2.31. The van der Waals surface area contributed by atoms with Gasteiger partial charge in [0.2, 0.25) is 0 Å². The topological polar surface area (TPSA) is 104 Å². The Hall–Kier alpha value is -3.48. The van der Waals surface area contributed by atoms with Crippen LogP contribution in [-0.2, 0) is 22.4 Å². The molecule has 0 unspecified atom stereocenters. The maximum atomic E-state index is 13.2. The molecule has 6 nitrogen and oxygen atoms in total. The number of carbonyl (C=O) groups excluding carboxylic acids is 1. The first-order valence-electron chi connectivity index (χ1n) is 12.6. The Bertz CT molecular complexity index is 1290. The number of aliphatic hydroxyl groups is 2. The fourth-order valence-electron chi connectivity index (χ4n) is 5.19. The average molecular weight is 503 g/mol. The van der Waals surface area contributed by atoms with Crippen LogP contribution < -0.4 is 4.74 Å². The van der Waals surface area contributed by atoms with Gasteiger partial charge in [0.15, 0.2) is 6.61 Å². The van der Waals surface area contributed by atoms with Crippen LogP contribution in [0.25, 0.3) is 10.8 Å². The zero-order chi connectivity index (χ0) is 26.6. The van der Waals surface area contributed by atoms with Crippen LogP contribution in [0.3, 0.4) is 0 Å². The van der Waals surface area contributed by atoms with Gasteiger partial charge in [0.05, 0.1) is 17.6 Å². The number of carboxylic acid groups (broad SMARTS) is 1. The lowest BCUT2D eigenvalue weighted by Gasteiger charge is -2.22. The Morgan fingerprint density at radius 2 is 1.78 bits per heavy atom. The molecule has 0 radical (unpaired) electrons. The first-order valence-corrected chi connectivity index (χ1v) is 12.6. The van der Waals surface area contributed by atoms with Crippen molar-refractivity contribution in [2.24, 2.45) is 17.3 Å². The molecule has 37 heavy (non-hydrogen) atoms. The summed E-state index contributed by atoms with van der Waals surface area (Å²) in [4.78, 5) is 24.1. The molecular formula is C31H34O6. The third kappa shape index (κ3) is 6.27. The van der Waals surface area contributed by atoms with Crippen molar-refractivity contribution in [2.75, 3.05) is 6.61 Å². The van der Waals surface area contributed by atoms with Crippen LogP contribution in [0.15, 0.2) is 78.9 Å². The number of benzene rings is 3. The molecule has 1 aliphatic rings. The second-order valence-corrected chi connectivity index (χ2v) is 10.4. The number of hydrogen-bond acceptors (Lipinski definition) is 5. The number of carbonyl (C=O) groups is 2. The fraction of sp³-hybridized carbons (Fsp3) is 0.355. The molecule has 3 aromatic carbocycles. The minimum absolute atomic E-state index is 0.0304. The monoisotopic (exact) mass is 502 g/mol. The lowest BCUT2D eigenvalue weighted by atomic mass is 9.86. The lowest BCUT2D eigenvalue weighted by molar-refractivity contribution is -0.139. The van der Waals surface area contributed by atoms with Gasteiger partial charge in [-0.3, -0.25) is 4.79 Å². The molecule has 0 heterocycles. The zero-order valence-electron chi connectivity index (χ0n) is 21.2. The van der Waals surface area contributed by atoms with Gasteiger partial charge >= 0.3 is 5.97 Å². The van der Waals surface area contributed by atoms with Gasteiger partial charge in [0.1, 0.15) is 11.5 Å². The predicted octanol–water partition coefficient (Wildman–Crippen LogP) is 4.60. The van der Waals surface area contributed by atoms with Crippen molar-refractivity contribution in [2.45, 2.75) is 45.3 Å². The van der Waals surface area contributed by atoms with E-state index in [1.807, 2.05) is 18.2 Å². The van der Waals surface area contributed by atoms with E-state index in [-0.39, 0.29) is 5.78 Å². The maximum Gasteiger partial charge on any atom is 0.341 e. The standard InChI is InChI=1S/C31H34O6/c1-31(2)29(35)26(27(30(31)36)18-21-6-5-9-25(17-21)37-19-28(33)34)15-14-24(32)13-11-20-10-12-22-7-3-4-8-23(22)16-20/h3-10,12,14-17,24,26-27,29,32,35H,11,13,18-19H2,1-2H3,(H,33,34)/t24-,26+,27+,29-/m0/s1. The molecule has 1 saturated carbocycles. The van der Waals surface area contributed by atoms with Gasteiger partial charge in [-0.2, -0.15) is 0 Å². The summed E-state index contributed by atoms with van der Waals surface area (Å²) in [7, 11) is 0. The van der Waals surface area contributed by atoms with Gasteiger partial charge in [-0.1, -0.05) is 80.6 Å². The normalized spacial score (nSPS) is 21.9. The van der Waals surface area contributed by atoms with Crippen LogP contribution in [0, 0.1) is 17.3 Å². The van der Waals surface area contributed by atoms with Gasteiger partial charge in [-0.15, -0.1) is 0 Å². The van der Waals surface area contributed by atoms with Crippen LogP contribution in [0.1, 0.15) is 31.4 Å². The second-order valence-electron chi connectivity index (χ2n) is 10.4. The summed E-state index contributed by atoms with van der Waals surface area (Å²) < 4.78 is 5.27. The Labute approximate surface area is 217 Å². The zero-order valence-corrected chi connectivity index (χ0v) is 21.2. The molecule has 6 heteroatoms. The van der Waals surface area contributed by atoms with Crippen LogP contribution in [-0.4, -0.2) is 45.9 Å². The highest BCUT2D eigenvalue weighted by Crippen LogP contribution is 2.44. The second kappa shape index (κ2) is 11.3. The SMILES string of the molecule is CC1(C)C(=O)[C@H](Cc2cccc(OCC(=O)O)c2)[C@@H](C=C[C@@H](O)CCc2ccc3ccccc3c2)[C@@H]1O. The van der Waals surface area contributed by atoms with E-state index in [0.29, 0.717) is 25.0 Å². The molecule has 0 bridgehead atoms. The first kappa shape index (κ1) is 26.6. The number of ketones is 1. The molecule has 3 aromatic rings. The molecule has 0 spiro atoms. The molecule has 1 fully saturated rings. The molecule has 0 amide bonds. The number of rotatable bonds is 10. The number of ether oxygens (including phenoxy) is 1. The van der Waals surface area contributed by atoms with Crippen LogP contribution in [0.4, 0.5) is 0 Å².